The Labute approximate surface area is 149 Å². The highest BCUT2D eigenvalue weighted by atomic mass is 79.9. The number of carbonyl (C=O) groups is 1. The zero-order valence-electron chi connectivity index (χ0n) is 13.7. The first kappa shape index (κ1) is 17.9. The lowest BCUT2D eigenvalue weighted by Gasteiger charge is -2.16. The zero-order chi connectivity index (χ0) is 17.0. The summed E-state index contributed by atoms with van der Waals surface area (Å²) in [5, 5.41) is 2.74. The standard InChI is InChI=1S/C17H20BrNO3S/c1-17(2,3)8-15(20)22-9-12-10-23-16(19-12)13-7-11(18)5-6-14(13)21-4/h5-7,10H,8-9H2,1-4H3. The Hall–Kier alpha value is -1.40. The van der Waals surface area contributed by atoms with Crippen LogP contribution in [0.5, 0.6) is 5.75 Å². The Kier molecular flexibility index (Phi) is 5.81. The summed E-state index contributed by atoms with van der Waals surface area (Å²) in [5.74, 6) is 0.561. The van der Waals surface area contributed by atoms with Crippen molar-refractivity contribution in [1.82, 2.24) is 4.98 Å². The number of nitrogens with zero attached hydrogens (tertiary/aromatic N) is 1. The van der Waals surface area contributed by atoms with Crippen molar-refractivity contribution in [3.63, 3.8) is 0 Å². The highest BCUT2D eigenvalue weighted by Crippen LogP contribution is 2.34. The average Bonchev–Trinajstić information content (AvgIpc) is 2.92. The van der Waals surface area contributed by atoms with Crippen molar-refractivity contribution < 1.29 is 14.3 Å². The monoisotopic (exact) mass is 397 g/mol. The lowest BCUT2D eigenvalue weighted by Crippen LogP contribution is -2.15. The Morgan fingerprint density at radius 3 is 2.74 bits per heavy atom. The van der Waals surface area contributed by atoms with Crippen LogP contribution >= 0.6 is 27.3 Å². The largest absolute Gasteiger partial charge is 0.496 e. The van der Waals surface area contributed by atoms with Gasteiger partial charge in [-0.25, -0.2) is 4.98 Å². The van der Waals surface area contributed by atoms with Gasteiger partial charge in [-0.05, 0) is 23.6 Å². The van der Waals surface area contributed by atoms with Crippen molar-refractivity contribution in [2.45, 2.75) is 33.8 Å². The van der Waals surface area contributed by atoms with E-state index in [9.17, 15) is 4.79 Å². The average molecular weight is 398 g/mol. The fraction of sp³-hybridized carbons (Fsp3) is 0.412. The fourth-order valence-electron chi connectivity index (χ4n) is 1.98. The zero-order valence-corrected chi connectivity index (χ0v) is 16.1. The van der Waals surface area contributed by atoms with Crippen LogP contribution in [0.15, 0.2) is 28.1 Å². The molecule has 2 rings (SSSR count). The third-order valence-corrected chi connectivity index (χ3v) is 4.42. The molecule has 23 heavy (non-hydrogen) atoms. The Bertz CT molecular complexity index is 691. The molecule has 0 spiro atoms. The van der Waals surface area contributed by atoms with Gasteiger partial charge in [0.25, 0.3) is 0 Å². The second-order valence-corrected chi connectivity index (χ2v) is 8.16. The van der Waals surface area contributed by atoms with E-state index in [0.29, 0.717) is 6.42 Å². The first-order valence-electron chi connectivity index (χ1n) is 7.22. The van der Waals surface area contributed by atoms with Crippen molar-refractivity contribution in [2.75, 3.05) is 7.11 Å². The van der Waals surface area contributed by atoms with Gasteiger partial charge in [-0.3, -0.25) is 4.79 Å². The number of hydrogen-bond donors (Lipinski definition) is 0. The lowest BCUT2D eigenvalue weighted by molar-refractivity contribution is -0.147. The number of methoxy groups -OCH3 is 1. The lowest BCUT2D eigenvalue weighted by atomic mass is 9.92. The second kappa shape index (κ2) is 7.45. The maximum absolute atomic E-state index is 11.8. The molecule has 6 heteroatoms. The molecule has 1 aromatic heterocycles. The molecule has 2 aromatic rings. The summed E-state index contributed by atoms with van der Waals surface area (Å²) in [5.41, 5.74) is 1.59. The molecular weight excluding hydrogens is 378 g/mol. The van der Waals surface area contributed by atoms with Crippen LogP contribution in [-0.2, 0) is 16.1 Å². The molecule has 0 unspecified atom stereocenters. The highest BCUT2D eigenvalue weighted by molar-refractivity contribution is 9.10. The molecule has 0 amide bonds. The summed E-state index contributed by atoms with van der Waals surface area (Å²) in [6.45, 7) is 6.22. The van der Waals surface area contributed by atoms with Crippen LogP contribution in [0, 0.1) is 5.41 Å². The maximum Gasteiger partial charge on any atom is 0.306 e. The number of aromatic nitrogens is 1. The summed E-state index contributed by atoms with van der Waals surface area (Å²) in [7, 11) is 1.63. The Morgan fingerprint density at radius 1 is 1.35 bits per heavy atom. The van der Waals surface area contributed by atoms with Crippen molar-refractivity contribution in [3.8, 4) is 16.3 Å². The van der Waals surface area contributed by atoms with E-state index < -0.39 is 0 Å². The van der Waals surface area contributed by atoms with Gasteiger partial charge in [0.15, 0.2) is 0 Å². The Morgan fingerprint density at radius 2 is 2.09 bits per heavy atom. The first-order chi connectivity index (χ1) is 10.8. The number of benzene rings is 1. The van der Waals surface area contributed by atoms with Gasteiger partial charge in [0.2, 0.25) is 0 Å². The van der Waals surface area contributed by atoms with E-state index in [-0.39, 0.29) is 18.0 Å². The summed E-state index contributed by atoms with van der Waals surface area (Å²) < 4.78 is 11.6. The smallest absolute Gasteiger partial charge is 0.306 e. The number of rotatable bonds is 5. The third kappa shape index (κ3) is 5.32. The Balaban J connectivity index is 2.07. The van der Waals surface area contributed by atoms with E-state index >= 15 is 0 Å². The van der Waals surface area contributed by atoms with Crippen LogP contribution in [0.1, 0.15) is 32.9 Å². The van der Waals surface area contributed by atoms with E-state index in [0.717, 1.165) is 26.5 Å². The van der Waals surface area contributed by atoms with Crippen molar-refractivity contribution in [3.05, 3.63) is 33.7 Å². The maximum atomic E-state index is 11.8. The number of halogens is 1. The molecule has 0 saturated heterocycles. The first-order valence-corrected chi connectivity index (χ1v) is 8.90. The molecule has 0 aliphatic rings. The molecule has 0 radical (unpaired) electrons. The second-order valence-electron chi connectivity index (χ2n) is 6.39. The predicted octanol–water partition coefficient (Wildman–Crippen LogP) is 5.06. The molecule has 1 aromatic carbocycles. The normalized spacial score (nSPS) is 11.3. The van der Waals surface area contributed by atoms with Gasteiger partial charge in [-0.1, -0.05) is 36.7 Å². The number of hydrogen-bond acceptors (Lipinski definition) is 5. The van der Waals surface area contributed by atoms with E-state index in [1.54, 1.807) is 7.11 Å². The molecule has 0 fully saturated rings. The predicted molar refractivity (Wildman–Crippen MR) is 95.7 cm³/mol. The molecule has 4 nitrogen and oxygen atoms in total. The summed E-state index contributed by atoms with van der Waals surface area (Å²) in [6, 6.07) is 5.78. The van der Waals surface area contributed by atoms with E-state index in [4.69, 9.17) is 9.47 Å². The van der Waals surface area contributed by atoms with E-state index in [2.05, 4.69) is 20.9 Å². The van der Waals surface area contributed by atoms with Gasteiger partial charge in [-0.2, -0.15) is 0 Å². The molecule has 0 saturated carbocycles. The molecule has 0 aliphatic heterocycles. The molecular formula is C17H20BrNO3S. The molecule has 0 N–H and O–H groups in total. The summed E-state index contributed by atoms with van der Waals surface area (Å²) in [6.07, 6.45) is 0.392. The van der Waals surface area contributed by atoms with Gasteiger partial charge in [0.1, 0.15) is 17.4 Å². The minimum atomic E-state index is -0.202. The minimum absolute atomic E-state index is 0.0754. The number of esters is 1. The number of ether oxygens (including phenoxy) is 2. The van der Waals surface area contributed by atoms with Gasteiger partial charge < -0.3 is 9.47 Å². The topological polar surface area (TPSA) is 48.4 Å². The van der Waals surface area contributed by atoms with Crippen LogP contribution in [0.3, 0.4) is 0 Å². The number of thiazole rings is 1. The number of carbonyl (C=O) groups excluding carboxylic acids is 1. The van der Waals surface area contributed by atoms with Gasteiger partial charge in [0, 0.05) is 9.85 Å². The molecule has 0 aliphatic carbocycles. The molecule has 124 valence electrons. The van der Waals surface area contributed by atoms with Crippen molar-refractivity contribution in [1.29, 1.82) is 0 Å². The van der Waals surface area contributed by atoms with E-state index in [1.165, 1.54) is 11.3 Å². The van der Waals surface area contributed by atoms with Crippen LogP contribution in [-0.4, -0.2) is 18.1 Å². The molecule has 0 bridgehead atoms. The SMILES string of the molecule is COc1ccc(Br)cc1-c1nc(COC(=O)CC(C)(C)C)cs1. The van der Waals surface area contributed by atoms with Crippen LogP contribution in [0.25, 0.3) is 10.6 Å². The van der Waals surface area contributed by atoms with Gasteiger partial charge in [0.05, 0.1) is 24.8 Å². The van der Waals surface area contributed by atoms with E-state index in [1.807, 2.05) is 44.4 Å². The highest BCUT2D eigenvalue weighted by Gasteiger charge is 2.18. The third-order valence-electron chi connectivity index (χ3n) is 3.00. The van der Waals surface area contributed by atoms with Gasteiger partial charge >= 0.3 is 5.97 Å². The summed E-state index contributed by atoms with van der Waals surface area (Å²) in [4.78, 5) is 16.3. The van der Waals surface area contributed by atoms with Crippen molar-refractivity contribution >= 4 is 33.2 Å². The van der Waals surface area contributed by atoms with Crippen LogP contribution < -0.4 is 4.74 Å². The minimum Gasteiger partial charge on any atom is -0.496 e. The van der Waals surface area contributed by atoms with Crippen LogP contribution in [0.4, 0.5) is 0 Å². The van der Waals surface area contributed by atoms with Crippen molar-refractivity contribution in [2.24, 2.45) is 5.41 Å². The quantitative estimate of drug-likeness (QED) is 0.661. The summed E-state index contributed by atoms with van der Waals surface area (Å²) >= 11 is 4.96. The fourth-order valence-corrected chi connectivity index (χ4v) is 3.17. The van der Waals surface area contributed by atoms with Gasteiger partial charge in [-0.15, -0.1) is 11.3 Å². The van der Waals surface area contributed by atoms with Crippen LogP contribution in [0.2, 0.25) is 0 Å². The molecule has 0 atom stereocenters. The molecule has 1 heterocycles.